The monoisotopic (exact) mass is 412 g/mol. The number of quaternary nitrogens is 1. The molecule has 30 heavy (non-hydrogen) atoms. The third-order valence-corrected chi connectivity index (χ3v) is 5.52. The van der Waals surface area contributed by atoms with Crippen molar-refractivity contribution in [2.75, 3.05) is 0 Å². The first kappa shape index (κ1) is 18.6. The molecular weight excluding hydrogens is 394 g/mol. The zero-order valence-electron chi connectivity index (χ0n) is 16.1. The van der Waals surface area contributed by atoms with Crippen LogP contribution in [0.5, 0.6) is 5.75 Å². The number of hydrogen-bond acceptors (Lipinski definition) is 3. The first-order valence-corrected chi connectivity index (χ1v) is 10.0. The summed E-state index contributed by atoms with van der Waals surface area (Å²) in [6.07, 6.45) is 5.32. The number of halogens is 1. The van der Waals surface area contributed by atoms with Crippen LogP contribution in [0.3, 0.4) is 0 Å². The molecule has 3 aromatic carbocycles. The van der Waals surface area contributed by atoms with Crippen molar-refractivity contribution in [3.63, 3.8) is 0 Å². The molecule has 0 N–H and O–H groups in total. The average Bonchev–Trinajstić information content (AvgIpc) is 3.12. The molecule has 2 heterocycles. The van der Waals surface area contributed by atoms with Gasteiger partial charge in [-0.2, -0.15) is 4.99 Å². The lowest BCUT2D eigenvalue weighted by Crippen LogP contribution is -2.37. The largest absolute Gasteiger partial charge is 0.489 e. The summed E-state index contributed by atoms with van der Waals surface area (Å²) < 4.78 is 5.96. The van der Waals surface area contributed by atoms with Crippen molar-refractivity contribution < 1.29 is 8.74 Å². The molecule has 1 unspecified atom stereocenters. The Morgan fingerprint density at radius 2 is 1.57 bits per heavy atom. The van der Waals surface area contributed by atoms with Crippen LogP contribution >= 0.6 is 11.8 Å². The molecule has 0 saturated carbocycles. The second-order valence-corrected chi connectivity index (χ2v) is 7.58. The molecular formula is C25H19ClN3O+. The van der Waals surface area contributed by atoms with Gasteiger partial charge >= 0.3 is 0 Å². The van der Waals surface area contributed by atoms with Crippen molar-refractivity contribution in [1.29, 1.82) is 0 Å². The molecule has 0 saturated heterocycles. The number of rotatable bonds is 5. The third kappa shape index (κ3) is 3.36. The number of ether oxygens (including phenoxy) is 1. The summed E-state index contributed by atoms with van der Waals surface area (Å²) in [5.41, 5.74) is 4.68. The molecule has 146 valence electrons. The highest BCUT2D eigenvalue weighted by Crippen LogP contribution is 2.41. The number of fused-ring (bicyclic) bond motifs is 1. The zero-order valence-corrected chi connectivity index (χ0v) is 16.9. The van der Waals surface area contributed by atoms with Gasteiger partial charge in [0.25, 0.3) is 5.84 Å². The fraction of sp³-hybridized carbons (Fsp3) is 0.0400. The van der Waals surface area contributed by atoms with Crippen LogP contribution in [0.2, 0.25) is 0 Å². The summed E-state index contributed by atoms with van der Waals surface area (Å²) in [7, 11) is 0. The third-order valence-electron chi connectivity index (χ3n) is 5.06. The first-order chi connectivity index (χ1) is 14.7. The van der Waals surface area contributed by atoms with E-state index >= 15 is 0 Å². The van der Waals surface area contributed by atoms with Gasteiger partial charge in [-0.1, -0.05) is 66.7 Å². The summed E-state index contributed by atoms with van der Waals surface area (Å²) in [5.74, 6) is 1.49. The second kappa shape index (κ2) is 7.75. The van der Waals surface area contributed by atoms with E-state index in [-0.39, 0.29) is 4.00 Å². The number of benzene rings is 3. The van der Waals surface area contributed by atoms with Gasteiger partial charge in [0.15, 0.2) is 11.8 Å². The van der Waals surface area contributed by atoms with Gasteiger partial charge in [0.2, 0.25) is 5.70 Å². The predicted molar refractivity (Wildman–Crippen MR) is 121 cm³/mol. The van der Waals surface area contributed by atoms with Crippen LogP contribution in [0.4, 0.5) is 0 Å². The summed E-state index contributed by atoms with van der Waals surface area (Å²) >= 11 is 7.07. The molecule has 2 aliphatic rings. The Bertz CT molecular complexity index is 1200. The van der Waals surface area contributed by atoms with Crippen molar-refractivity contribution in [3.05, 3.63) is 120 Å². The average molecular weight is 413 g/mol. The Kier molecular flexibility index (Phi) is 4.79. The molecule has 0 amide bonds. The molecule has 0 aromatic heterocycles. The molecule has 0 radical (unpaired) electrons. The van der Waals surface area contributed by atoms with Crippen LogP contribution in [0.1, 0.15) is 16.7 Å². The highest BCUT2D eigenvalue weighted by atomic mass is 35.5. The smallest absolute Gasteiger partial charge is 0.264 e. The number of aliphatic imine (C=N–C) groups is 2. The lowest BCUT2D eigenvalue weighted by Gasteiger charge is -2.23. The van der Waals surface area contributed by atoms with Crippen molar-refractivity contribution >= 4 is 29.5 Å². The highest BCUT2D eigenvalue weighted by molar-refractivity contribution is 6.22. The molecule has 2 aliphatic heterocycles. The van der Waals surface area contributed by atoms with Gasteiger partial charge < -0.3 is 4.74 Å². The maximum absolute atomic E-state index is 7.07. The number of nitrogens with zero attached hydrogens (tertiary/aromatic N) is 3. The first-order valence-electron chi connectivity index (χ1n) is 9.70. The lowest BCUT2D eigenvalue weighted by molar-refractivity contribution is -0.599. The van der Waals surface area contributed by atoms with E-state index in [0.29, 0.717) is 6.61 Å². The number of allylic oxidation sites excluding steroid dienone is 1. The quantitative estimate of drug-likeness (QED) is 0.479. The molecule has 4 nitrogen and oxygen atoms in total. The maximum Gasteiger partial charge on any atom is 0.264 e. The van der Waals surface area contributed by atoms with Crippen molar-refractivity contribution in [2.45, 2.75) is 6.61 Å². The van der Waals surface area contributed by atoms with Gasteiger partial charge in [0, 0.05) is 5.56 Å². The van der Waals surface area contributed by atoms with Gasteiger partial charge in [-0.3, -0.25) is 4.99 Å². The Balaban J connectivity index is 1.50. The van der Waals surface area contributed by atoms with E-state index in [1.165, 1.54) is 0 Å². The van der Waals surface area contributed by atoms with Crippen LogP contribution < -0.4 is 4.74 Å². The molecule has 1 atom stereocenters. The summed E-state index contributed by atoms with van der Waals surface area (Å²) in [6, 6.07) is 28.0. The molecule has 0 aliphatic carbocycles. The van der Waals surface area contributed by atoms with E-state index < -0.39 is 0 Å². The van der Waals surface area contributed by atoms with E-state index in [1.807, 2.05) is 91.1 Å². The topological polar surface area (TPSA) is 34.0 Å². The van der Waals surface area contributed by atoms with Crippen LogP contribution in [0.25, 0.3) is 5.70 Å². The summed E-state index contributed by atoms with van der Waals surface area (Å²) in [5, 5.41) is 0. The summed E-state index contributed by atoms with van der Waals surface area (Å²) in [4.78, 5) is 9.23. The molecule has 0 spiro atoms. The second-order valence-electron chi connectivity index (χ2n) is 7.05. The molecule has 0 bridgehead atoms. The summed E-state index contributed by atoms with van der Waals surface area (Å²) in [6.45, 7) is 0.503. The van der Waals surface area contributed by atoms with Crippen LogP contribution in [0, 0.1) is 0 Å². The van der Waals surface area contributed by atoms with Gasteiger partial charge in [0.05, 0.1) is 18.0 Å². The highest BCUT2D eigenvalue weighted by Gasteiger charge is 2.46. The SMILES string of the molecule is Cl[N+]12C=CN=CC1=C(c1ccccc1)N=C2c1cccc(OCc2ccccc2)c1. The standard InChI is InChI=1S/C25H19ClN3O/c26-29-15-14-27-17-23(29)24(20-10-5-2-6-11-20)28-25(29)21-12-7-13-22(16-21)30-18-19-8-3-1-4-9-19/h1-17H,18H2/q+1. The van der Waals surface area contributed by atoms with E-state index in [2.05, 4.69) is 4.99 Å². The van der Waals surface area contributed by atoms with Gasteiger partial charge in [-0.05, 0) is 23.8 Å². The Labute approximate surface area is 180 Å². The van der Waals surface area contributed by atoms with E-state index in [0.717, 1.165) is 39.7 Å². The van der Waals surface area contributed by atoms with Crippen molar-refractivity contribution in [3.8, 4) is 5.75 Å². The fourth-order valence-corrected chi connectivity index (χ4v) is 3.88. The number of hydrogen-bond donors (Lipinski definition) is 0. The fourth-order valence-electron chi connectivity index (χ4n) is 3.57. The van der Waals surface area contributed by atoms with E-state index in [1.54, 1.807) is 12.4 Å². The maximum atomic E-state index is 7.07. The molecule has 5 heteroatoms. The molecule has 3 aromatic rings. The van der Waals surface area contributed by atoms with Crippen LogP contribution in [0.15, 0.2) is 113 Å². The van der Waals surface area contributed by atoms with Crippen LogP contribution in [-0.2, 0) is 6.61 Å². The van der Waals surface area contributed by atoms with Crippen LogP contribution in [-0.4, -0.2) is 16.1 Å². The normalized spacial score (nSPS) is 19.6. The minimum absolute atomic E-state index is 0.0458. The zero-order chi connectivity index (χ0) is 20.4. The number of amidine groups is 1. The Morgan fingerprint density at radius 3 is 2.37 bits per heavy atom. The van der Waals surface area contributed by atoms with Gasteiger partial charge in [-0.25, -0.2) is 0 Å². The lowest BCUT2D eigenvalue weighted by atomic mass is 10.1. The van der Waals surface area contributed by atoms with E-state index in [4.69, 9.17) is 21.5 Å². The van der Waals surface area contributed by atoms with Crippen molar-refractivity contribution in [2.24, 2.45) is 9.98 Å². The minimum Gasteiger partial charge on any atom is -0.489 e. The van der Waals surface area contributed by atoms with Crippen molar-refractivity contribution in [1.82, 2.24) is 0 Å². The van der Waals surface area contributed by atoms with Gasteiger partial charge in [-0.15, -0.1) is 4.00 Å². The molecule has 0 fully saturated rings. The van der Waals surface area contributed by atoms with E-state index in [9.17, 15) is 0 Å². The molecule has 5 rings (SSSR count). The minimum atomic E-state index is -0.0458. The Morgan fingerprint density at radius 1 is 0.833 bits per heavy atom. The van der Waals surface area contributed by atoms with Gasteiger partial charge in [0.1, 0.15) is 24.3 Å². The predicted octanol–water partition coefficient (Wildman–Crippen LogP) is 5.92. The Hall–Kier alpha value is -3.47.